The summed E-state index contributed by atoms with van der Waals surface area (Å²) in [6.45, 7) is 0. The monoisotopic (exact) mass is 192 g/mol. The van der Waals surface area contributed by atoms with Crippen molar-refractivity contribution in [2.45, 2.75) is 51.0 Å². The second-order valence-corrected chi connectivity index (χ2v) is 4.50. The summed E-state index contributed by atoms with van der Waals surface area (Å²) in [6, 6.07) is 2.52. The number of amides is 1. The van der Waals surface area contributed by atoms with Crippen LogP contribution in [0.25, 0.3) is 0 Å². The lowest BCUT2D eigenvalue weighted by atomic mass is 9.69. The van der Waals surface area contributed by atoms with Crippen LogP contribution in [-0.2, 0) is 4.79 Å². The Bertz CT molecular complexity index is 270. The molecule has 0 unspecified atom stereocenters. The fraction of sp³-hybridized carbons (Fsp3) is 0.818. The van der Waals surface area contributed by atoms with E-state index in [0.29, 0.717) is 6.04 Å². The van der Waals surface area contributed by atoms with Crippen LogP contribution in [0.5, 0.6) is 0 Å². The smallest absolute Gasteiger partial charge is 0.240 e. The second-order valence-electron chi connectivity index (χ2n) is 4.50. The van der Waals surface area contributed by atoms with Gasteiger partial charge in [-0.15, -0.1) is 0 Å². The molecule has 14 heavy (non-hydrogen) atoms. The van der Waals surface area contributed by atoms with Gasteiger partial charge in [-0.1, -0.05) is 12.8 Å². The zero-order valence-corrected chi connectivity index (χ0v) is 8.38. The molecule has 1 N–H and O–H groups in total. The fourth-order valence-electron chi connectivity index (χ4n) is 2.31. The minimum absolute atomic E-state index is 0.0156. The minimum atomic E-state index is -0.664. The third-order valence-electron chi connectivity index (χ3n) is 3.55. The van der Waals surface area contributed by atoms with Crippen molar-refractivity contribution in [3.8, 4) is 6.07 Å². The number of nitriles is 1. The molecular weight excluding hydrogens is 176 g/mol. The third-order valence-corrected chi connectivity index (χ3v) is 3.55. The van der Waals surface area contributed by atoms with Crippen LogP contribution in [-0.4, -0.2) is 11.9 Å². The highest BCUT2D eigenvalue weighted by atomic mass is 16.2. The van der Waals surface area contributed by atoms with Gasteiger partial charge in [0, 0.05) is 6.04 Å². The van der Waals surface area contributed by atoms with Crippen molar-refractivity contribution in [1.82, 2.24) is 5.32 Å². The number of carbonyl (C=O) groups excluding carboxylic acids is 1. The molecule has 2 aliphatic rings. The molecule has 2 aliphatic carbocycles. The SMILES string of the molecule is N#CC1(C(=O)NC2CCCC2)CCC1. The van der Waals surface area contributed by atoms with E-state index in [9.17, 15) is 4.79 Å². The Hall–Kier alpha value is -1.04. The van der Waals surface area contributed by atoms with Crippen LogP contribution < -0.4 is 5.32 Å². The van der Waals surface area contributed by atoms with E-state index in [4.69, 9.17) is 5.26 Å². The van der Waals surface area contributed by atoms with Crippen LogP contribution in [0.3, 0.4) is 0 Å². The van der Waals surface area contributed by atoms with Crippen molar-refractivity contribution in [2.24, 2.45) is 5.41 Å². The van der Waals surface area contributed by atoms with Crippen LogP contribution in [0.2, 0.25) is 0 Å². The van der Waals surface area contributed by atoms with Crippen molar-refractivity contribution in [3.05, 3.63) is 0 Å². The lowest BCUT2D eigenvalue weighted by Gasteiger charge is -2.34. The van der Waals surface area contributed by atoms with Crippen molar-refractivity contribution < 1.29 is 4.79 Å². The number of carbonyl (C=O) groups is 1. The Morgan fingerprint density at radius 3 is 2.36 bits per heavy atom. The molecule has 0 aromatic heterocycles. The second kappa shape index (κ2) is 3.61. The quantitative estimate of drug-likeness (QED) is 0.724. The van der Waals surface area contributed by atoms with E-state index in [1.54, 1.807) is 0 Å². The summed E-state index contributed by atoms with van der Waals surface area (Å²) in [7, 11) is 0. The van der Waals surface area contributed by atoms with Crippen molar-refractivity contribution >= 4 is 5.91 Å². The summed E-state index contributed by atoms with van der Waals surface area (Å²) in [5.74, 6) is -0.0156. The topological polar surface area (TPSA) is 52.9 Å². The van der Waals surface area contributed by atoms with Crippen molar-refractivity contribution in [2.75, 3.05) is 0 Å². The Morgan fingerprint density at radius 1 is 1.29 bits per heavy atom. The van der Waals surface area contributed by atoms with Gasteiger partial charge in [-0.05, 0) is 32.1 Å². The first kappa shape index (κ1) is 9.51. The molecule has 0 spiro atoms. The van der Waals surface area contributed by atoms with Gasteiger partial charge in [0.2, 0.25) is 5.91 Å². The Labute approximate surface area is 84.5 Å². The number of hydrogen-bond acceptors (Lipinski definition) is 2. The van der Waals surface area contributed by atoms with Gasteiger partial charge < -0.3 is 5.32 Å². The van der Waals surface area contributed by atoms with Crippen molar-refractivity contribution in [1.29, 1.82) is 5.26 Å². The summed E-state index contributed by atoms with van der Waals surface area (Å²) in [4.78, 5) is 11.8. The highest BCUT2D eigenvalue weighted by Gasteiger charge is 2.45. The molecule has 0 aromatic rings. The lowest BCUT2D eigenvalue weighted by Crippen LogP contribution is -2.47. The predicted molar refractivity (Wildman–Crippen MR) is 52.3 cm³/mol. The van der Waals surface area contributed by atoms with Gasteiger partial charge in [-0.2, -0.15) is 5.26 Å². The van der Waals surface area contributed by atoms with E-state index in [1.807, 2.05) is 0 Å². The first-order valence-corrected chi connectivity index (χ1v) is 5.49. The van der Waals surface area contributed by atoms with Gasteiger partial charge in [-0.3, -0.25) is 4.79 Å². The Kier molecular flexibility index (Phi) is 2.45. The zero-order chi connectivity index (χ0) is 10.0. The van der Waals surface area contributed by atoms with Crippen molar-refractivity contribution in [3.63, 3.8) is 0 Å². The largest absolute Gasteiger partial charge is 0.352 e. The summed E-state index contributed by atoms with van der Waals surface area (Å²) in [5.41, 5.74) is -0.664. The van der Waals surface area contributed by atoms with Gasteiger partial charge in [-0.25, -0.2) is 0 Å². The molecule has 0 radical (unpaired) electrons. The average Bonchev–Trinajstić information content (AvgIpc) is 2.55. The molecule has 0 atom stereocenters. The Morgan fingerprint density at radius 2 is 1.93 bits per heavy atom. The maximum atomic E-state index is 11.8. The molecule has 2 rings (SSSR count). The summed E-state index contributed by atoms with van der Waals surface area (Å²) in [6.07, 6.45) is 7.13. The van der Waals surface area contributed by atoms with Crippen LogP contribution in [0.1, 0.15) is 44.9 Å². The van der Waals surface area contributed by atoms with Gasteiger partial charge in [0.25, 0.3) is 0 Å². The predicted octanol–water partition coefficient (Wildman–Crippen LogP) is 1.74. The van der Waals surface area contributed by atoms with Gasteiger partial charge >= 0.3 is 0 Å². The average molecular weight is 192 g/mol. The molecule has 0 bridgehead atoms. The molecule has 3 heteroatoms. The summed E-state index contributed by atoms with van der Waals surface area (Å²) in [5, 5.41) is 12.0. The van der Waals surface area contributed by atoms with E-state index in [0.717, 1.165) is 32.1 Å². The standard InChI is InChI=1S/C11H16N2O/c12-8-11(6-3-7-11)10(14)13-9-4-1-2-5-9/h9H,1-7H2,(H,13,14). The molecule has 3 nitrogen and oxygen atoms in total. The van der Waals surface area contributed by atoms with E-state index in [2.05, 4.69) is 11.4 Å². The normalized spacial score (nSPS) is 25.1. The summed E-state index contributed by atoms with van der Waals surface area (Å²) < 4.78 is 0. The minimum Gasteiger partial charge on any atom is -0.352 e. The van der Waals surface area contributed by atoms with E-state index in [-0.39, 0.29) is 5.91 Å². The number of nitrogens with one attached hydrogen (secondary N) is 1. The fourth-order valence-corrected chi connectivity index (χ4v) is 2.31. The molecule has 76 valence electrons. The first-order chi connectivity index (χ1) is 6.77. The van der Waals surface area contributed by atoms with Crippen LogP contribution in [0, 0.1) is 16.7 Å². The zero-order valence-electron chi connectivity index (χ0n) is 8.38. The van der Waals surface area contributed by atoms with Gasteiger partial charge in [0.15, 0.2) is 0 Å². The van der Waals surface area contributed by atoms with E-state index >= 15 is 0 Å². The molecule has 1 amide bonds. The molecule has 2 fully saturated rings. The maximum Gasteiger partial charge on any atom is 0.240 e. The van der Waals surface area contributed by atoms with Crippen LogP contribution in [0.15, 0.2) is 0 Å². The number of rotatable bonds is 2. The summed E-state index contributed by atoms with van der Waals surface area (Å²) >= 11 is 0. The highest BCUT2D eigenvalue weighted by molar-refractivity contribution is 5.86. The molecular formula is C11H16N2O. The molecule has 2 saturated carbocycles. The van der Waals surface area contributed by atoms with Gasteiger partial charge in [0.1, 0.15) is 5.41 Å². The maximum absolute atomic E-state index is 11.8. The number of hydrogen-bond donors (Lipinski definition) is 1. The first-order valence-electron chi connectivity index (χ1n) is 5.49. The third kappa shape index (κ3) is 1.50. The molecule has 0 aromatic carbocycles. The van der Waals surface area contributed by atoms with Gasteiger partial charge in [0.05, 0.1) is 6.07 Å². The van der Waals surface area contributed by atoms with E-state index in [1.165, 1.54) is 12.8 Å². The van der Waals surface area contributed by atoms with Crippen LogP contribution in [0.4, 0.5) is 0 Å². The molecule has 0 saturated heterocycles. The van der Waals surface area contributed by atoms with Crippen LogP contribution >= 0.6 is 0 Å². The molecule has 0 heterocycles. The molecule has 0 aliphatic heterocycles. The highest BCUT2D eigenvalue weighted by Crippen LogP contribution is 2.40. The Balaban J connectivity index is 1.91. The lowest BCUT2D eigenvalue weighted by molar-refractivity contribution is -0.132. The van der Waals surface area contributed by atoms with E-state index < -0.39 is 5.41 Å². The number of nitrogens with zero attached hydrogens (tertiary/aromatic N) is 1.